The van der Waals surface area contributed by atoms with Crippen molar-refractivity contribution in [2.75, 3.05) is 43.4 Å². The Bertz CT molecular complexity index is 1140. The largest absolute Gasteiger partial charge is 0.371 e. The lowest BCUT2D eigenvalue weighted by Gasteiger charge is -2.23. The van der Waals surface area contributed by atoms with Gasteiger partial charge in [0.25, 0.3) is 11.8 Å². The molecule has 2 aromatic rings. The SMILES string of the molecule is CCN(CC)S(=O)(=O)c1ccc(N2CCCC2)c(C(=O)Nc2ccc(F)c(C(=O)NC)c2)c1. The molecule has 0 bridgehead atoms. The predicted molar refractivity (Wildman–Crippen MR) is 126 cm³/mol. The fraction of sp³-hybridized carbons (Fsp3) is 0.391. The van der Waals surface area contributed by atoms with E-state index in [0.29, 0.717) is 18.8 Å². The van der Waals surface area contributed by atoms with Crippen LogP contribution in [0.2, 0.25) is 0 Å². The van der Waals surface area contributed by atoms with Gasteiger partial charge in [-0.15, -0.1) is 0 Å². The number of halogens is 1. The first-order chi connectivity index (χ1) is 15.7. The number of anilines is 2. The number of benzene rings is 2. The number of rotatable bonds is 8. The van der Waals surface area contributed by atoms with E-state index < -0.39 is 27.7 Å². The van der Waals surface area contributed by atoms with Crippen LogP contribution in [-0.2, 0) is 10.0 Å². The third-order valence-electron chi connectivity index (χ3n) is 5.70. The maximum Gasteiger partial charge on any atom is 0.257 e. The van der Waals surface area contributed by atoms with Gasteiger partial charge in [-0.2, -0.15) is 4.31 Å². The minimum Gasteiger partial charge on any atom is -0.371 e. The van der Waals surface area contributed by atoms with E-state index in [4.69, 9.17) is 0 Å². The third-order valence-corrected chi connectivity index (χ3v) is 7.74. The Balaban J connectivity index is 2.02. The highest BCUT2D eigenvalue weighted by Gasteiger charge is 2.26. The standard InChI is InChI=1S/C23H29FN4O4S/c1-4-28(5-2)33(31,32)17-9-11-21(27-12-6-7-13-27)19(15-17)23(30)26-16-8-10-20(24)18(14-16)22(29)25-3/h8-11,14-15H,4-7,12-13H2,1-3H3,(H,25,29)(H,26,30). The zero-order valence-electron chi connectivity index (χ0n) is 19.0. The Morgan fingerprint density at radius 2 is 1.67 bits per heavy atom. The Labute approximate surface area is 193 Å². The maximum absolute atomic E-state index is 14.0. The molecule has 178 valence electrons. The number of carbonyl (C=O) groups is 2. The number of amides is 2. The van der Waals surface area contributed by atoms with Crippen LogP contribution in [0.4, 0.5) is 15.8 Å². The molecule has 1 aliphatic rings. The van der Waals surface area contributed by atoms with Gasteiger partial charge in [-0.1, -0.05) is 13.8 Å². The summed E-state index contributed by atoms with van der Waals surface area (Å²) in [6.45, 7) is 5.66. The highest BCUT2D eigenvalue weighted by atomic mass is 32.2. The first-order valence-corrected chi connectivity index (χ1v) is 12.4. The minimum absolute atomic E-state index is 0.0319. The molecule has 33 heavy (non-hydrogen) atoms. The van der Waals surface area contributed by atoms with Gasteiger partial charge in [0.05, 0.1) is 16.0 Å². The van der Waals surface area contributed by atoms with Crippen molar-refractivity contribution >= 4 is 33.2 Å². The van der Waals surface area contributed by atoms with Crippen LogP contribution in [0.15, 0.2) is 41.3 Å². The van der Waals surface area contributed by atoms with Gasteiger partial charge in [-0.3, -0.25) is 9.59 Å². The average Bonchev–Trinajstić information content (AvgIpc) is 3.34. The molecule has 2 aromatic carbocycles. The van der Waals surface area contributed by atoms with Gasteiger partial charge in [0.2, 0.25) is 10.0 Å². The van der Waals surface area contributed by atoms with E-state index in [9.17, 15) is 22.4 Å². The van der Waals surface area contributed by atoms with Crippen molar-refractivity contribution in [3.05, 3.63) is 53.3 Å². The van der Waals surface area contributed by atoms with Gasteiger partial charge >= 0.3 is 0 Å². The van der Waals surface area contributed by atoms with Gasteiger partial charge in [0, 0.05) is 44.6 Å². The third kappa shape index (κ3) is 5.17. The molecule has 0 aliphatic carbocycles. The summed E-state index contributed by atoms with van der Waals surface area (Å²) in [4.78, 5) is 27.3. The van der Waals surface area contributed by atoms with Crippen molar-refractivity contribution < 1.29 is 22.4 Å². The monoisotopic (exact) mass is 476 g/mol. The number of hydrogen-bond donors (Lipinski definition) is 2. The number of hydrogen-bond acceptors (Lipinski definition) is 5. The fourth-order valence-corrected chi connectivity index (χ4v) is 5.40. The number of nitrogens with zero attached hydrogens (tertiary/aromatic N) is 2. The van der Waals surface area contributed by atoms with Crippen LogP contribution in [0.3, 0.4) is 0 Å². The van der Waals surface area contributed by atoms with Crippen LogP contribution in [-0.4, -0.2) is 57.8 Å². The first kappa shape index (κ1) is 24.7. The highest BCUT2D eigenvalue weighted by molar-refractivity contribution is 7.89. The molecule has 0 spiro atoms. The number of nitrogens with one attached hydrogen (secondary N) is 2. The lowest BCUT2D eigenvalue weighted by Crippen LogP contribution is -2.31. The Morgan fingerprint density at radius 1 is 1.00 bits per heavy atom. The van der Waals surface area contributed by atoms with Gasteiger partial charge < -0.3 is 15.5 Å². The van der Waals surface area contributed by atoms with Crippen molar-refractivity contribution in [1.82, 2.24) is 9.62 Å². The molecule has 0 saturated carbocycles. The van der Waals surface area contributed by atoms with Crippen LogP contribution in [0.1, 0.15) is 47.4 Å². The van der Waals surface area contributed by atoms with E-state index in [1.54, 1.807) is 19.9 Å². The average molecular weight is 477 g/mol. The molecule has 1 heterocycles. The van der Waals surface area contributed by atoms with Gasteiger partial charge in [-0.05, 0) is 49.2 Å². The van der Waals surface area contributed by atoms with Gasteiger partial charge in [-0.25, -0.2) is 12.8 Å². The molecule has 1 fully saturated rings. The zero-order valence-corrected chi connectivity index (χ0v) is 19.8. The van der Waals surface area contributed by atoms with Crippen LogP contribution >= 0.6 is 0 Å². The van der Waals surface area contributed by atoms with Crippen molar-refractivity contribution in [2.24, 2.45) is 0 Å². The summed E-state index contributed by atoms with van der Waals surface area (Å²) in [5, 5.41) is 5.04. The minimum atomic E-state index is -3.77. The van der Waals surface area contributed by atoms with Crippen LogP contribution in [0.25, 0.3) is 0 Å². The summed E-state index contributed by atoms with van der Waals surface area (Å²) in [6.07, 6.45) is 1.96. The molecular weight excluding hydrogens is 447 g/mol. The second-order valence-corrected chi connectivity index (χ2v) is 9.63. The molecular formula is C23H29FN4O4S. The number of sulfonamides is 1. The van der Waals surface area contributed by atoms with Gasteiger partial charge in [0.1, 0.15) is 5.82 Å². The molecule has 1 aliphatic heterocycles. The normalized spacial score (nSPS) is 13.9. The molecule has 10 heteroatoms. The Kier molecular flexibility index (Phi) is 7.70. The molecule has 0 atom stereocenters. The number of carbonyl (C=O) groups excluding carboxylic acids is 2. The van der Waals surface area contributed by atoms with Crippen LogP contribution in [0, 0.1) is 5.82 Å². The summed E-state index contributed by atoms with van der Waals surface area (Å²) in [6, 6.07) is 8.28. The molecule has 0 radical (unpaired) electrons. The molecule has 2 amide bonds. The maximum atomic E-state index is 14.0. The van der Waals surface area contributed by atoms with E-state index in [1.165, 1.54) is 35.6 Å². The Morgan fingerprint density at radius 3 is 2.27 bits per heavy atom. The second kappa shape index (κ2) is 10.3. The van der Waals surface area contributed by atoms with Crippen molar-refractivity contribution in [3.63, 3.8) is 0 Å². The molecule has 3 rings (SSSR count). The zero-order chi connectivity index (χ0) is 24.2. The summed E-state index contributed by atoms with van der Waals surface area (Å²) < 4.78 is 41.4. The lowest BCUT2D eigenvalue weighted by molar-refractivity contribution is 0.0957. The van der Waals surface area contributed by atoms with E-state index in [0.717, 1.165) is 32.0 Å². The topological polar surface area (TPSA) is 98.8 Å². The summed E-state index contributed by atoms with van der Waals surface area (Å²) in [7, 11) is -2.38. The quantitative estimate of drug-likeness (QED) is 0.610. The van der Waals surface area contributed by atoms with E-state index in [-0.39, 0.29) is 21.7 Å². The Hall–Kier alpha value is -2.98. The van der Waals surface area contributed by atoms with Crippen molar-refractivity contribution in [3.8, 4) is 0 Å². The lowest BCUT2D eigenvalue weighted by atomic mass is 10.1. The highest BCUT2D eigenvalue weighted by Crippen LogP contribution is 2.29. The van der Waals surface area contributed by atoms with Crippen molar-refractivity contribution in [2.45, 2.75) is 31.6 Å². The summed E-state index contributed by atoms with van der Waals surface area (Å²) >= 11 is 0. The molecule has 0 unspecified atom stereocenters. The molecule has 0 aromatic heterocycles. The second-order valence-electron chi connectivity index (χ2n) is 7.69. The smallest absolute Gasteiger partial charge is 0.257 e. The van der Waals surface area contributed by atoms with E-state index in [2.05, 4.69) is 10.6 Å². The van der Waals surface area contributed by atoms with E-state index >= 15 is 0 Å². The van der Waals surface area contributed by atoms with Crippen molar-refractivity contribution in [1.29, 1.82) is 0 Å². The molecule has 1 saturated heterocycles. The van der Waals surface area contributed by atoms with E-state index in [1.807, 2.05) is 4.90 Å². The summed E-state index contributed by atoms with van der Waals surface area (Å²) in [5.41, 5.74) is 0.866. The summed E-state index contributed by atoms with van der Waals surface area (Å²) in [5.74, 6) is -1.87. The first-order valence-electron chi connectivity index (χ1n) is 10.9. The van der Waals surface area contributed by atoms with Crippen LogP contribution < -0.4 is 15.5 Å². The fourth-order valence-electron chi connectivity index (χ4n) is 3.91. The molecule has 2 N–H and O–H groups in total. The predicted octanol–water partition coefficient (Wildman–Crippen LogP) is 3.07. The van der Waals surface area contributed by atoms with Crippen LogP contribution in [0.5, 0.6) is 0 Å². The molecule has 8 nitrogen and oxygen atoms in total. The van der Waals surface area contributed by atoms with Gasteiger partial charge in [0.15, 0.2) is 0 Å².